The summed E-state index contributed by atoms with van der Waals surface area (Å²) < 4.78 is 11.0. The van der Waals surface area contributed by atoms with Gasteiger partial charge in [0.25, 0.3) is 5.91 Å². The topological polar surface area (TPSA) is 84.7 Å². The molecule has 2 aromatic rings. The van der Waals surface area contributed by atoms with Gasteiger partial charge in [0, 0.05) is 0 Å². The van der Waals surface area contributed by atoms with Crippen LogP contribution in [0.25, 0.3) is 0 Å². The summed E-state index contributed by atoms with van der Waals surface area (Å²) in [6.07, 6.45) is 1.53. The van der Waals surface area contributed by atoms with E-state index in [1.165, 1.54) is 11.2 Å². The first-order chi connectivity index (χ1) is 10.6. The Balaban J connectivity index is 1.70. The van der Waals surface area contributed by atoms with Crippen LogP contribution < -0.4 is 15.0 Å². The second kappa shape index (κ2) is 6.18. The molecule has 22 heavy (non-hydrogen) atoms. The van der Waals surface area contributed by atoms with Gasteiger partial charge in [0.1, 0.15) is 16.9 Å². The highest BCUT2D eigenvalue weighted by Gasteiger charge is 2.28. The van der Waals surface area contributed by atoms with Gasteiger partial charge >= 0.3 is 0 Å². The van der Waals surface area contributed by atoms with E-state index in [1.54, 1.807) is 24.3 Å². The van der Waals surface area contributed by atoms with Crippen LogP contribution in [0.2, 0.25) is 0 Å². The molecular weight excluding hydrogens is 354 g/mol. The van der Waals surface area contributed by atoms with Crippen molar-refractivity contribution in [1.29, 1.82) is 0 Å². The summed E-state index contributed by atoms with van der Waals surface area (Å²) in [6, 6.07) is 6.91. The summed E-state index contributed by atoms with van der Waals surface area (Å²) in [5, 5.41) is 2.69. The predicted molar refractivity (Wildman–Crippen MR) is 80.3 cm³/mol. The maximum Gasteiger partial charge on any atom is 0.266 e. The normalized spacial score (nSPS) is 13.5. The monoisotopic (exact) mass is 365 g/mol. The van der Waals surface area contributed by atoms with Gasteiger partial charge in [-0.2, -0.15) is 0 Å². The zero-order valence-electron chi connectivity index (χ0n) is 11.4. The van der Waals surface area contributed by atoms with E-state index in [4.69, 9.17) is 9.15 Å². The van der Waals surface area contributed by atoms with Gasteiger partial charge < -0.3 is 14.5 Å². The number of rotatable bonds is 4. The largest absolute Gasteiger partial charge is 0.480 e. The van der Waals surface area contributed by atoms with E-state index < -0.39 is 0 Å². The molecule has 0 saturated heterocycles. The number of pyridine rings is 1. The smallest absolute Gasteiger partial charge is 0.266 e. The van der Waals surface area contributed by atoms with Crippen LogP contribution in [0.5, 0.6) is 5.75 Å². The van der Waals surface area contributed by atoms with Crippen LogP contribution in [-0.2, 0) is 16.1 Å². The molecule has 3 heterocycles. The van der Waals surface area contributed by atoms with Gasteiger partial charge in [-0.05, 0) is 40.2 Å². The maximum absolute atomic E-state index is 12.0. The number of hydrogen-bond acceptors (Lipinski definition) is 5. The van der Waals surface area contributed by atoms with Crippen LogP contribution in [0.4, 0.5) is 5.82 Å². The molecule has 0 aromatic carbocycles. The Hall–Kier alpha value is -2.35. The Labute approximate surface area is 134 Å². The molecular formula is C14H12BrN3O4. The van der Waals surface area contributed by atoms with Crippen molar-refractivity contribution in [2.75, 3.05) is 18.1 Å². The minimum absolute atomic E-state index is 0.109. The molecule has 7 nitrogen and oxygen atoms in total. The molecule has 2 aromatic heterocycles. The Bertz CT molecular complexity index is 702. The first-order valence-electron chi connectivity index (χ1n) is 6.52. The number of halogens is 1. The zero-order valence-corrected chi connectivity index (χ0v) is 13.0. The average molecular weight is 366 g/mol. The molecule has 114 valence electrons. The molecule has 8 heteroatoms. The maximum atomic E-state index is 12.0. The minimum atomic E-state index is -0.314. The molecule has 0 radical (unpaired) electrons. The van der Waals surface area contributed by atoms with Crippen molar-refractivity contribution in [3.63, 3.8) is 0 Å². The van der Waals surface area contributed by atoms with Crippen molar-refractivity contribution >= 4 is 33.6 Å². The van der Waals surface area contributed by atoms with Gasteiger partial charge in [-0.1, -0.05) is 0 Å². The van der Waals surface area contributed by atoms with Crippen LogP contribution in [0, 0.1) is 0 Å². The van der Waals surface area contributed by atoms with Crippen LogP contribution in [0.3, 0.4) is 0 Å². The molecule has 1 aliphatic heterocycles. The lowest BCUT2D eigenvalue weighted by molar-refractivity contribution is -0.125. The van der Waals surface area contributed by atoms with Gasteiger partial charge in [-0.15, -0.1) is 0 Å². The summed E-state index contributed by atoms with van der Waals surface area (Å²) in [5.41, 5.74) is 0. The highest BCUT2D eigenvalue weighted by molar-refractivity contribution is 9.10. The summed E-state index contributed by atoms with van der Waals surface area (Å²) in [5.74, 6) is 0.828. The van der Waals surface area contributed by atoms with E-state index in [-0.39, 0.29) is 31.5 Å². The Morgan fingerprint density at radius 3 is 3.05 bits per heavy atom. The molecule has 0 bridgehead atoms. The van der Waals surface area contributed by atoms with Crippen molar-refractivity contribution < 1.29 is 18.7 Å². The standard InChI is InChI=1S/C14H12BrN3O4/c15-11-4-3-10-14(17-11)18(13(20)8-22-10)7-12(19)16-6-9-2-1-5-21-9/h1-5H,6-8H2,(H,16,19). The fourth-order valence-electron chi connectivity index (χ4n) is 2.02. The number of furan rings is 1. The molecule has 0 aliphatic carbocycles. The molecule has 1 aliphatic rings. The molecule has 3 rings (SSSR count). The predicted octanol–water partition coefficient (Wildman–Crippen LogP) is 1.48. The van der Waals surface area contributed by atoms with Crippen molar-refractivity contribution in [1.82, 2.24) is 10.3 Å². The third-order valence-electron chi connectivity index (χ3n) is 3.05. The van der Waals surface area contributed by atoms with E-state index >= 15 is 0 Å². The Morgan fingerprint density at radius 1 is 1.41 bits per heavy atom. The highest BCUT2D eigenvalue weighted by atomic mass is 79.9. The van der Waals surface area contributed by atoms with E-state index in [2.05, 4.69) is 26.2 Å². The van der Waals surface area contributed by atoms with Crippen LogP contribution in [0.15, 0.2) is 39.5 Å². The molecule has 0 unspecified atom stereocenters. The van der Waals surface area contributed by atoms with Gasteiger partial charge in [-0.3, -0.25) is 14.5 Å². The van der Waals surface area contributed by atoms with E-state index in [9.17, 15) is 9.59 Å². The van der Waals surface area contributed by atoms with Crippen LogP contribution in [0.1, 0.15) is 5.76 Å². The van der Waals surface area contributed by atoms with Crippen LogP contribution >= 0.6 is 15.9 Å². The summed E-state index contributed by atoms with van der Waals surface area (Å²) in [6.45, 7) is 0.0320. The van der Waals surface area contributed by atoms with Crippen molar-refractivity contribution in [2.45, 2.75) is 6.54 Å². The highest BCUT2D eigenvalue weighted by Crippen LogP contribution is 2.31. The van der Waals surface area contributed by atoms with Gasteiger partial charge in [0.15, 0.2) is 18.2 Å². The fourth-order valence-corrected chi connectivity index (χ4v) is 2.32. The van der Waals surface area contributed by atoms with Gasteiger partial charge in [0.05, 0.1) is 12.8 Å². The number of aromatic nitrogens is 1. The first-order valence-corrected chi connectivity index (χ1v) is 7.31. The van der Waals surface area contributed by atoms with Gasteiger partial charge in [-0.25, -0.2) is 4.98 Å². The second-order valence-electron chi connectivity index (χ2n) is 4.58. The summed E-state index contributed by atoms with van der Waals surface area (Å²) >= 11 is 3.24. The number of anilines is 1. The number of carbonyl (C=O) groups excluding carboxylic acids is 2. The number of carbonyl (C=O) groups is 2. The van der Waals surface area contributed by atoms with Crippen molar-refractivity contribution in [3.8, 4) is 5.75 Å². The Morgan fingerprint density at radius 2 is 2.27 bits per heavy atom. The molecule has 0 atom stereocenters. The third kappa shape index (κ3) is 3.11. The zero-order chi connectivity index (χ0) is 15.5. The number of nitrogens with one attached hydrogen (secondary N) is 1. The average Bonchev–Trinajstić information content (AvgIpc) is 3.02. The number of nitrogens with zero attached hydrogens (tertiary/aromatic N) is 2. The molecule has 0 spiro atoms. The SMILES string of the molecule is O=C(CN1C(=O)COc2ccc(Br)nc21)NCc1ccco1. The lowest BCUT2D eigenvalue weighted by Gasteiger charge is -2.27. The van der Waals surface area contributed by atoms with Crippen molar-refractivity contribution in [2.24, 2.45) is 0 Å². The fraction of sp³-hybridized carbons (Fsp3) is 0.214. The second-order valence-corrected chi connectivity index (χ2v) is 5.39. The lowest BCUT2D eigenvalue weighted by Crippen LogP contribution is -2.45. The van der Waals surface area contributed by atoms with Crippen LogP contribution in [-0.4, -0.2) is 29.9 Å². The van der Waals surface area contributed by atoms with Crippen molar-refractivity contribution in [3.05, 3.63) is 40.9 Å². The summed E-state index contributed by atoms with van der Waals surface area (Å²) in [7, 11) is 0. The third-order valence-corrected chi connectivity index (χ3v) is 3.50. The first kappa shape index (κ1) is 14.6. The number of ether oxygens (including phenoxy) is 1. The summed E-state index contributed by atoms with van der Waals surface area (Å²) in [4.78, 5) is 29.5. The van der Waals surface area contributed by atoms with E-state index in [1.807, 2.05) is 0 Å². The molecule has 0 fully saturated rings. The number of hydrogen-bond donors (Lipinski definition) is 1. The van der Waals surface area contributed by atoms with E-state index in [0.717, 1.165) is 0 Å². The molecule has 2 amide bonds. The van der Waals surface area contributed by atoms with E-state index in [0.29, 0.717) is 21.9 Å². The lowest BCUT2D eigenvalue weighted by atomic mass is 10.3. The number of amides is 2. The van der Waals surface area contributed by atoms with Gasteiger partial charge in [0.2, 0.25) is 5.91 Å². The quantitative estimate of drug-likeness (QED) is 0.829. The molecule has 1 N–H and O–H groups in total. The minimum Gasteiger partial charge on any atom is -0.480 e. The number of fused-ring (bicyclic) bond motifs is 1. The molecule has 0 saturated carbocycles. The Kier molecular flexibility index (Phi) is 4.10.